The van der Waals surface area contributed by atoms with Gasteiger partial charge in [-0.3, -0.25) is 9.78 Å². The Hall–Kier alpha value is -3.05. The predicted molar refractivity (Wildman–Crippen MR) is 106 cm³/mol. The minimum atomic E-state index is 0.00884. The number of nitrogens with one attached hydrogen (secondary N) is 1. The van der Waals surface area contributed by atoms with Crippen LogP contribution in [0.3, 0.4) is 0 Å². The van der Waals surface area contributed by atoms with Crippen molar-refractivity contribution in [3.8, 4) is 10.6 Å². The summed E-state index contributed by atoms with van der Waals surface area (Å²) in [6, 6.07) is 19.8. The summed E-state index contributed by atoms with van der Waals surface area (Å²) in [4.78, 5) is 20.8. The first-order valence-corrected chi connectivity index (χ1v) is 9.24. The van der Waals surface area contributed by atoms with Gasteiger partial charge in [-0.05, 0) is 60.5 Å². The SMILES string of the molecule is O=C(CCc1ccncc1)Nc1ccc(-c2nc3ccccc3s2)cc1. The van der Waals surface area contributed by atoms with Crippen molar-refractivity contribution in [2.45, 2.75) is 12.8 Å². The van der Waals surface area contributed by atoms with Gasteiger partial charge < -0.3 is 5.32 Å². The van der Waals surface area contributed by atoms with Crippen molar-refractivity contribution >= 4 is 33.1 Å². The molecule has 1 N–H and O–H groups in total. The Labute approximate surface area is 155 Å². The first kappa shape index (κ1) is 16.4. The molecule has 0 aliphatic heterocycles. The molecule has 0 unspecified atom stereocenters. The Morgan fingerprint density at radius 2 is 1.73 bits per heavy atom. The third-order valence-corrected chi connectivity index (χ3v) is 5.19. The number of pyridine rings is 1. The van der Waals surface area contributed by atoms with Crippen LogP contribution >= 0.6 is 11.3 Å². The molecule has 2 heterocycles. The maximum Gasteiger partial charge on any atom is 0.224 e. The normalized spacial score (nSPS) is 10.8. The van der Waals surface area contributed by atoms with Crippen molar-refractivity contribution in [1.29, 1.82) is 0 Å². The molecule has 0 radical (unpaired) electrons. The number of thiazole rings is 1. The van der Waals surface area contributed by atoms with Gasteiger partial charge in [0.15, 0.2) is 0 Å². The Morgan fingerprint density at radius 3 is 2.50 bits per heavy atom. The topological polar surface area (TPSA) is 54.9 Å². The van der Waals surface area contributed by atoms with Crippen molar-refractivity contribution in [2.75, 3.05) is 5.32 Å². The minimum absolute atomic E-state index is 0.00884. The highest BCUT2D eigenvalue weighted by Gasteiger charge is 2.07. The second-order valence-electron chi connectivity index (χ2n) is 5.97. The number of anilines is 1. The average Bonchev–Trinajstić information content (AvgIpc) is 3.12. The van der Waals surface area contributed by atoms with Crippen LogP contribution in [-0.4, -0.2) is 15.9 Å². The molecule has 0 bridgehead atoms. The summed E-state index contributed by atoms with van der Waals surface area (Å²) in [5.41, 5.74) is 3.98. The molecule has 26 heavy (non-hydrogen) atoms. The van der Waals surface area contributed by atoms with Crippen molar-refractivity contribution in [3.05, 3.63) is 78.6 Å². The highest BCUT2D eigenvalue weighted by atomic mass is 32.1. The number of para-hydroxylation sites is 1. The number of hydrogen-bond acceptors (Lipinski definition) is 4. The van der Waals surface area contributed by atoms with Crippen LogP contribution in [0.1, 0.15) is 12.0 Å². The van der Waals surface area contributed by atoms with Gasteiger partial charge in [0.1, 0.15) is 5.01 Å². The Morgan fingerprint density at radius 1 is 0.962 bits per heavy atom. The van der Waals surface area contributed by atoms with E-state index >= 15 is 0 Å². The van der Waals surface area contributed by atoms with Crippen LogP contribution in [0.4, 0.5) is 5.69 Å². The number of amides is 1. The largest absolute Gasteiger partial charge is 0.326 e. The van der Waals surface area contributed by atoms with Crippen LogP contribution in [0.15, 0.2) is 73.1 Å². The number of carbonyl (C=O) groups excluding carboxylic acids is 1. The van der Waals surface area contributed by atoms with Gasteiger partial charge in [-0.25, -0.2) is 4.98 Å². The van der Waals surface area contributed by atoms with Gasteiger partial charge in [0.2, 0.25) is 5.91 Å². The fraction of sp³-hybridized carbons (Fsp3) is 0.0952. The second kappa shape index (κ2) is 7.45. The van der Waals surface area contributed by atoms with Gasteiger partial charge in [0.25, 0.3) is 0 Å². The Kier molecular flexibility index (Phi) is 4.71. The monoisotopic (exact) mass is 359 g/mol. The summed E-state index contributed by atoms with van der Waals surface area (Å²) in [7, 11) is 0. The molecule has 1 amide bonds. The van der Waals surface area contributed by atoms with E-state index in [1.54, 1.807) is 23.7 Å². The Bertz CT molecular complexity index is 993. The van der Waals surface area contributed by atoms with Crippen LogP contribution < -0.4 is 5.32 Å². The molecule has 0 spiro atoms. The smallest absolute Gasteiger partial charge is 0.224 e. The van der Waals surface area contributed by atoms with E-state index in [0.29, 0.717) is 12.8 Å². The van der Waals surface area contributed by atoms with Gasteiger partial charge in [0, 0.05) is 30.1 Å². The molecule has 4 rings (SSSR count). The van der Waals surface area contributed by atoms with E-state index in [1.165, 1.54) is 4.70 Å². The lowest BCUT2D eigenvalue weighted by Crippen LogP contribution is -2.12. The molecule has 128 valence electrons. The zero-order chi connectivity index (χ0) is 17.8. The molecule has 0 saturated heterocycles. The molecule has 4 aromatic rings. The third-order valence-electron chi connectivity index (χ3n) is 4.10. The van der Waals surface area contributed by atoms with Gasteiger partial charge in [-0.1, -0.05) is 12.1 Å². The number of hydrogen-bond donors (Lipinski definition) is 1. The molecule has 0 atom stereocenters. The number of nitrogens with zero attached hydrogens (tertiary/aromatic N) is 2. The van der Waals surface area contributed by atoms with E-state index in [9.17, 15) is 4.79 Å². The maximum atomic E-state index is 12.1. The lowest BCUT2D eigenvalue weighted by atomic mass is 10.1. The first-order valence-electron chi connectivity index (χ1n) is 8.43. The lowest BCUT2D eigenvalue weighted by molar-refractivity contribution is -0.116. The molecule has 2 aromatic carbocycles. The zero-order valence-electron chi connectivity index (χ0n) is 14.1. The van der Waals surface area contributed by atoms with Gasteiger partial charge in [-0.2, -0.15) is 0 Å². The maximum absolute atomic E-state index is 12.1. The van der Waals surface area contributed by atoms with Crippen molar-refractivity contribution < 1.29 is 4.79 Å². The van der Waals surface area contributed by atoms with Crippen LogP contribution in [-0.2, 0) is 11.2 Å². The molecule has 2 aromatic heterocycles. The summed E-state index contributed by atoms with van der Waals surface area (Å²) >= 11 is 1.67. The molecular formula is C21H17N3OS. The molecule has 5 heteroatoms. The highest BCUT2D eigenvalue weighted by molar-refractivity contribution is 7.21. The number of benzene rings is 2. The fourth-order valence-corrected chi connectivity index (χ4v) is 3.69. The molecule has 4 nitrogen and oxygen atoms in total. The third kappa shape index (κ3) is 3.78. The molecule has 0 saturated carbocycles. The summed E-state index contributed by atoms with van der Waals surface area (Å²) in [6.45, 7) is 0. The first-order chi connectivity index (χ1) is 12.8. The zero-order valence-corrected chi connectivity index (χ0v) is 14.9. The number of rotatable bonds is 5. The van der Waals surface area contributed by atoms with Crippen molar-refractivity contribution in [1.82, 2.24) is 9.97 Å². The number of aryl methyl sites for hydroxylation is 1. The van der Waals surface area contributed by atoms with Crippen molar-refractivity contribution in [2.24, 2.45) is 0 Å². The summed E-state index contributed by atoms with van der Waals surface area (Å²) in [6.07, 6.45) is 4.64. The standard InChI is InChI=1S/C21H17N3OS/c25-20(10-5-15-11-13-22-14-12-15)23-17-8-6-16(7-9-17)21-24-18-3-1-2-4-19(18)26-21/h1-4,6-9,11-14H,5,10H2,(H,23,25). The lowest BCUT2D eigenvalue weighted by Gasteiger charge is -2.06. The summed E-state index contributed by atoms with van der Waals surface area (Å²) in [5, 5.41) is 3.93. The predicted octanol–water partition coefficient (Wildman–Crippen LogP) is 4.93. The quantitative estimate of drug-likeness (QED) is 0.550. The summed E-state index contributed by atoms with van der Waals surface area (Å²) < 4.78 is 1.18. The van der Waals surface area contributed by atoms with Gasteiger partial charge in [-0.15, -0.1) is 11.3 Å². The van der Waals surface area contributed by atoms with Crippen LogP contribution in [0, 0.1) is 0 Å². The molecular weight excluding hydrogens is 342 g/mol. The van der Waals surface area contributed by atoms with E-state index in [4.69, 9.17) is 0 Å². The van der Waals surface area contributed by atoms with E-state index in [2.05, 4.69) is 21.4 Å². The summed E-state index contributed by atoms with van der Waals surface area (Å²) in [5.74, 6) is 0.00884. The van der Waals surface area contributed by atoms with E-state index in [-0.39, 0.29) is 5.91 Å². The number of fused-ring (bicyclic) bond motifs is 1. The number of aromatic nitrogens is 2. The highest BCUT2D eigenvalue weighted by Crippen LogP contribution is 2.30. The minimum Gasteiger partial charge on any atom is -0.326 e. The fourth-order valence-electron chi connectivity index (χ4n) is 2.72. The molecule has 0 aliphatic rings. The van der Waals surface area contributed by atoms with E-state index in [0.717, 1.165) is 27.3 Å². The number of carbonyl (C=O) groups is 1. The van der Waals surface area contributed by atoms with E-state index in [1.807, 2.05) is 54.6 Å². The molecule has 0 aliphatic carbocycles. The second-order valence-corrected chi connectivity index (χ2v) is 7.00. The average molecular weight is 359 g/mol. The van der Waals surface area contributed by atoms with Gasteiger partial charge in [0.05, 0.1) is 10.2 Å². The van der Waals surface area contributed by atoms with Crippen LogP contribution in [0.2, 0.25) is 0 Å². The van der Waals surface area contributed by atoms with Crippen molar-refractivity contribution in [3.63, 3.8) is 0 Å². The Balaban J connectivity index is 1.40. The van der Waals surface area contributed by atoms with Crippen LogP contribution in [0.5, 0.6) is 0 Å². The van der Waals surface area contributed by atoms with Crippen LogP contribution in [0.25, 0.3) is 20.8 Å². The van der Waals surface area contributed by atoms with E-state index < -0.39 is 0 Å². The molecule has 0 fully saturated rings. The van der Waals surface area contributed by atoms with Gasteiger partial charge >= 0.3 is 0 Å².